The van der Waals surface area contributed by atoms with Crippen molar-refractivity contribution >= 4 is 28.6 Å². The third-order valence-electron chi connectivity index (χ3n) is 5.81. The molecule has 0 saturated heterocycles. The summed E-state index contributed by atoms with van der Waals surface area (Å²) in [5.74, 6) is 1.41. The number of hydrogen-bond acceptors (Lipinski definition) is 8. The van der Waals surface area contributed by atoms with Crippen LogP contribution in [0.25, 0.3) is 10.9 Å². The molecule has 0 aliphatic rings. The van der Waals surface area contributed by atoms with Crippen LogP contribution in [0.1, 0.15) is 17.5 Å². The first-order valence-corrected chi connectivity index (χ1v) is 13.3. The van der Waals surface area contributed by atoms with Crippen molar-refractivity contribution in [3.63, 3.8) is 0 Å². The van der Waals surface area contributed by atoms with Crippen LogP contribution in [0.15, 0.2) is 95.0 Å². The fourth-order valence-electron chi connectivity index (χ4n) is 3.88. The van der Waals surface area contributed by atoms with Crippen LogP contribution in [-0.4, -0.2) is 32.7 Å². The van der Waals surface area contributed by atoms with Crippen LogP contribution in [0.5, 0.6) is 11.6 Å². The van der Waals surface area contributed by atoms with E-state index in [0.29, 0.717) is 59.6 Å². The summed E-state index contributed by atoms with van der Waals surface area (Å²) in [4.78, 5) is 26.3. The Balaban J connectivity index is 1.33. The number of nitrogens with two attached hydrogens (primary N) is 1. The number of ether oxygens (including phenoxy) is 2. The highest BCUT2D eigenvalue weighted by Gasteiger charge is 2.14. The minimum absolute atomic E-state index is 0.152. The summed E-state index contributed by atoms with van der Waals surface area (Å²) >= 11 is 1.44. The number of hydrogen-bond donors (Lipinski definition) is 1. The molecule has 5 rings (SSSR count). The monoisotopic (exact) mass is 543 g/mol. The lowest BCUT2D eigenvalue weighted by Gasteiger charge is -2.14. The fraction of sp³-hybridized carbons (Fsp3) is 0.172. The van der Waals surface area contributed by atoms with E-state index in [4.69, 9.17) is 20.2 Å². The molecule has 0 bridgehead atoms. The Morgan fingerprint density at radius 3 is 2.49 bits per heavy atom. The van der Waals surface area contributed by atoms with E-state index >= 15 is 0 Å². The Morgan fingerprint density at radius 2 is 1.69 bits per heavy atom. The molecule has 8 nitrogen and oxygen atoms in total. The van der Waals surface area contributed by atoms with Gasteiger partial charge in [-0.3, -0.25) is 9.36 Å². The zero-order chi connectivity index (χ0) is 27.0. The van der Waals surface area contributed by atoms with Crippen molar-refractivity contribution in [2.75, 3.05) is 18.9 Å². The van der Waals surface area contributed by atoms with E-state index in [1.165, 1.54) is 30.1 Å². The second-order valence-corrected chi connectivity index (χ2v) is 9.61. The molecule has 0 aliphatic heterocycles. The van der Waals surface area contributed by atoms with E-state index in [-0.39, 0.29) is 17.3 Å². The number of halogens is 1. The van der Waals surface area contributed by atoms with Crippen LogP contribution >= 0.6 is 11.8 Å². The minimum Gasteiger partial charge on any atom is -0.493 e. The van der Waals surface area contributed by atoms with E-state index in [1.54, 1.807) is 41.0 Å². The van der Waals surface area contributed by atoms with Gasteiger partial charge in [-0.15, -0.1) is 0 Å². The van der Waals surface area contributed by atoms with Crippen molar-refractivity contribution in [2.24, 2.45) is 0 Å². The number of benzene rings is 3. The largest absolute Gasteiger partial charge is 0.493 e. The molecule has 2 aromatic heterocycles. The molecule has 39 heavy (non-hydrogen) atoms. The summed E-state index contributed by atoms with van der Waals surface area (Å²) in [7, 11) is 0. The zero-order valence-corrected chi connectivity index (χ0v) is 21.8. The summed E-state index contributed by atoms with van der Waals surface area (Å²) in [6.07, 6.45) is 2.14. The summed E-state index contributed by atoms with van der Waals surface area (Å²) in [5, 5.41) is 1.07. The van der Waals surface area contributed by atoms with E-state index in [9.17, 15) is 9.18 Å². The van der Waals surface area contributed by atoms with E-state index in [0.717, 1.165) is 11.1 Å². The first-order chi connectivity index (χ1) is 19.0. The van der Waals surface area contributed by atoms with Crippen LogP contribution in [-0.2, 0) is 12.3 Å². The number of nitrogen functional groups attached to an aromatic ring is 1. The molecule has 0 aliphatic carbocycles. The average molecular weight is 544 g/mol. The first-order valence-electron chi connectivity index (χ1n) is 12.3. The Morgan fingerprint density at radius 1 is 0.897 bits per heavy atom. The average Bonchev–Trinajstić information content (AvgIpc) is 2.95. The van der Waals surface area contributed by atoms with Crippen LogP contribution in [0.3, 0.4) is 0 Å². The molecule has 0 unspecified atom stereocenters. The van der Waals surface area contributed by atoms with Gasteiger partial charge in [0.25, 0.3) is 5.56 Å². The number of rotatable bonds is 11. The van der Waals surface area contributed by atoms with Crippen LogP contribution in [0.2, 0.25) is 0 Å². The standard InChI is InChI=1S/C29H26FN5O3S/c30-22-9-7-21(8-10-22)19-39-29-33-25-12-11-23(37-15-4-16-38-26-13-14-32-28(31)34-26)17-24(25)27(36)35(29)18-20-5-2-1-3-6-20/h1-3,5-14,17H,4,15-16,18-19H2,(H2,31,32,34). The van der Waals surface area contributed by atoms with Gasteiger partial charge in [-0.1, -0.05) is 54.2 Å². The Bertz CT molecular complexity index is 1610. The van der Waals surface area contributed by atoms with E-state index < -0.39 is 0 Å². The Labute approximate surface area is 228 Å². The molecule has 0 amide bonds. The van der Waals surface area contributed by atoms with Crippen molar-refractivity contribution in [3.8, 4) is 11.6 Å². The molecule has 5 aromatic rings. The topological polar surface area (TPSA) is 105 Å². The predicted octanol–water partition coefficient (Wildman–Crippen LogP) is 5.10. The number of nitrogens with zero attached hydrogens (tertiary/aromatic N) is 4. The molecule has 0 radical (unpaired) electrons. The molecule has 0 atom stereocenters. The van der Waals surface area contributed by atoms with Gasteiger partial charge in [0.1, 0.15) is 11.6 Å². The molecule has 2 heterocycles. The van der Waals surface area contributed by atoms with Crippen LogP contribution in [0, 0.1) is 5.82 Å². The summed E-state index contributed by atoms with van der Waals surface area (Å²) in [5.41, 5.74) is 7.93. The normalized spacial score (nSPS) is 11.0. The van der Waals surface area contributed by atoms with Gasteiger partial charge in [0, 0.05) is 24.4 Å². The van der Waals surface area contributed by atoms with Crippen molar-refractivity contribution < 1.29 is 13.9 Å². The second kappa shape index (κ2) is 12.4. The third kappa shape index (κ3) is 6.91. The van der Waals surface area contributed by atoms with Gasteiger partial charge in [0.2, 0.25) is 11.8 Å². The second-order valence-electron chi connectivity index (χ2n) is 8.67. The van der Waals surface area contributed by atoms with Gasteiger partial charge in [-0.2, -0.15) is 4.98 Å². The summed E-state index contributed by atoms with van der Waals surface area (Å²) in [6.45, 7) is 1.16. The van der Waals surface area contributed by atoms with Gasteiger partial charge in [-0.05, 0) is 41.5 Å². The molecule has 2 N–H and O–H groups in total. The quantitative estimate of drug-likeness (QED) is 0.139. The highest BCUT2D eigenvalue weighted by atomic mass is 32.2. The highest BCUT2D eigenvalue weighted by molar-refractivity contribution is 7.98. The number of fused-ring (bicyclic) bond motifs is 1. The highest BCUT2D eigenvalue weighted by Crippen LogP contribution is 2.25. The maximum Gasteiger partial charge on any atom is 0.262 e. The number of thioether (sulfide) groups is 1. The molecule has 10 heteroatoms. The Kier molecular flexibility index (Phi) is 8.33. The molecule has 198 valence electrons. The van der Waals surface area contributed by atoms with Crippen molar-refractivity contribution in [1.82, 2.24) is 19.5 Å². The maximum atomic E-state index is 13.7. The molecular formula is C29H26FN5O3S. The lowest BCUT2D eigenvalue weighted by atomic mass is 10.2. The first kappa shape index (κ1) is 26.2. The lowest BCUT2D eigenvalue weighted by molar-refractivity contribution is 0.242. The summed E-state index contributed by atoms with van der Waals surface area (Å²) < 4.78 is 26.5. The fourth-order valence-corrected chi connectivity index (χ4v) is 4.83. The van der Waals surface area contributed by atoms with E-state index in [2.05, 4.69) is 9.97 Å². The van der Waals surface area contributed by atoms with Crippen LogP contribution in [0.4, 0.5) is 10.3 Å². The maximum absolute atomic E-state index is 13.7. The van der Waals surface area contributed by atoms with Crippen molar-refractivity contribution in [1.29, 1.82) is 0 Å². The third-order valence-corrected chi connectivity index (χ3v) is 6.86. The molecular weight excluding hydrogens is 517 g/mol. The van der Waals surface area contributed by atoms with Gasteiger partial charge in [0.05, 0.1) is 30.7 Å². The van der Waals surface area contributed by atoms with Gasteiger partial charge >= 0.3 is 0 Å². The SMILES string of the molecule is Nc1nccc(OCCCOc2ccc3nc(SCc4ccc(F)cc4)n(Cc4ccccc4)c(=O)c3c2)n1. The lowest BCUT2D eigenvalue weighted by Crippen LogP contribution is -2.24. The van der Waals surface area contributed by atoms with E-state index in [1.807, 2.05) is 30.3 Å². The predicted molar refractivity (Wildman–Crippen MR) is 150 cm³/mol. The number of aromatic nitrogens is 4. The minimum atomic E-state index is -0.282. The summed E-state index contributed by atoms with van der Waals surface area (Å²) in [6, 6.07) is 23.1. The molecule has 3 aromatic carbocycles. The number of anilines is 1. The smallest absolute Gasteiger partial charge is 0.262 e. The Hall–Kier alpha value is -4.44. The van der Waals surface area contributed by atoms with Crippen molar-refractivity contribution in [2.45, 2.75) is 23.9 Å². The molecule has 0 saturated carbocycles. The van der Waals surface area contributed by atoms with Gasteiger partial charge in [0.15, 0.2) is 5.16 Å². The molecule has 0 fully saturated rings. The van der Waals surface area contributed by atoms with Gasteiger partial charge < -0.3 is 15.2 Å². The van der Waals surface area contributed by atoms with Gasteiger partial charge in [-0.25, -0.2) is 14.4 Å². The van der Waals surface area contributed by atoms with Crippen LogP contribution < -0.4 is 20.8 Å². The zero-order valence-electron chi connectivity index (χ0n) is 21.0. The van der Waals surface area contributed by atoms with Crippen molar-refractivity contribution in [3.05, 3.63) is 112 Å². The molecule has 0 spiro atoms.